The van der Waals surface area contributed by atoms with Crippen molar-refractivity contribution in [1.82, 2.24) is 4.90 Å². The Morgan fingerprint density at radius 1 is 0.617 bits per heavy atom. The molecule has 0 aromatic heterocycles. The first-order chi connectivity index (χ1) is 57.1. The van der Waals surface area contributed by atoms with Gasteiger partial charge in [-0.3, -0.25) is 9.69 Å². The fourth-order valence-electron chi connectivity index (χ4n) is 20.3. The Bertz CT molecular complexity index is 4290. The highest BCUT2D eigenvalue weighted by atomic mass is 32.2. The molecule has 1 amide bonds. The second-order valence-corrected chi connectivity index (χ2v) is 53.2. The molecule has 0 spiro atoms. The van der Waals surface area contributed by atoms with Gasteiger partial charge in [0.05, 0.1) is 97.9 Å². The lowest BCUT2D eigenvalue weighted by Crippen LogP contribution is -2.73. The maximum Gasteiger partial charge on any atom is 0.412 e. The lowest BCUT2D eigenvalue weighted by molar-refractivity contribution is -0.254. The summed E-state index contributed by atoms with van der Waals surface area (Å²) in [6.45, 7) is 50.1. The molecule has 22 heteroatoms. The Balaban J connectivity index is 0.945. The number of rotatable bonds is 35. The molecule has 20 atom stereocenters. The molecule has 0 saturated carbocycles. The van der Waals surface area contributed by atoms with Crippen LogP contribution in [0.3, 0.4) is 0 Å². The Labute approximate surface area is 720 Å². The van der Waals surface area contributed by atoms with Crippen molar-refractivity contribution in [2.45, 2.75) is 322 Å². The van der Waals surface area contributed by atoms with E-state index in [0.717, 1.165) is 50.0 Å². The predicted octanol–water partition coefficient (Wildman–Crippen LogP) is 16.9. The van der Waals surface area contributed by atoms with E-state index < -0.39 is 165 Å². The fraction of sp³-hybridized carbons (Fsp3) is 0.571. The number of Topliss-reactive ketones (excluding diaryl/α,β-unsaturated/α-hetero) is 1. The number of hydrogen-bond donors (Lipinski definition) is 0. The van der Waals surface area contributed by atoms with Crippen LogP contribution in [-0.2, 0) is 75.3 Å². The summed E-state index contributed by atoms with van der Waals surface area (Å²) in [5.74, 6) is -1.69. The zero-order chi connectivity index (χ0) is 86.3. The van der Waals surface area contributed by atoms with Gasteiger partial charge in [0.25, 0.3) is 16.6 Å². The van der Waals surface area contributed by atoms with Crippen molar-refractivity contribution in [3.8, 4) is 0 Å². The van der Waals surface area contributed by atoms with Gasteiger partial charge >= 0.3 is 6.09 Å². The molecule has 12 rings (SSSR count). The van der Waals surface area contributed by atoms with E-state index in [0.29, 0.717) is 58.2 Å². The first-order valence-corrected chi connectivity index (χ1v) is 52.0. The number of amides is 1. The molecule has 5 aromatic carbocycles. The zero-order valence-corrected chi connectivity index (χ0v) is 78.0. The highest BCUT2D eigenvalue weighted by Gasteiger charge is 2.66. The number of ether oxygens (including phenoxy) is 10. The SMILES string of the molecule is C=CCOCC=C[C@H]1CC(=C)[C@H](CC[C@H]2C[C@@H](C)C(=C)[C@@H](C[C@@H]3O[C@H](C[C@H]4CN(C(=O)OC(C)(C)C)C(C)(C)O4)[C@H](OC)[C@H]3[C@@H](C(=O)C[C@H]3CC[C@@H]4O[C@@H]5[C@@H](O[C@H](CC(C=C)O[Si](CC)(CC)CC)[C@@H]5O[Si](c5ccccc5)(c5ccccc5)C(C)(C)C)[C@@H](O[Si](c5ccccc5)(c5ccccc5)C(C)(C)C)[C@H]4O3)S(=O)(=O)c3ccccc3)O2)O1. The summed E-state index contributed by atoms with van der Waals surface area (Å²) in [5.41, 5.74) is -0.0164. The summed E-state index contributed by atoms with van der Waals surface area (Å²) < 4.78 is 127. The van der Waals surface area contributed by atoms with Crippen LogP contribution >= 0.6 is 0 Å². The van der Waals surface area contributed by atoms with Crippen LogP contribution in [0.15, 0.2) is 218 Å². The van der Waals surface area contributed by atoms with E-state index in [2.05, 4.69) is 205 Å². The molecule has 0 radical (unpaired) electrons. The molecular weight excluding hydrogens is 1580 g/mol. The first kappa shape index (κ1) is 93.0. The summed E-state index contributed by atoms with van der Waals surface area (Å²) >= 11 is 0. The minimum atomic E-state index is -4.64. The Hall–Kier alpha value is -6.14. The van der Waals surface area contributed by atoms with Gasteiger partial charge in [-0.15, -0.1) is 13.2 Å². The number of ketones is 1. The van der Waals surface area contributed by atoms with Gasteiger partial charge in [-0.2, -0.15) is 0 Å². The van der Waals surface area contributed by atoms with Crippen LogP contribution in [0, 0.1) is 11.8 Å². The van der Waals surface area contributed by atoms with Gasteiger partial charge in [-0.25, -0.2) is 13.2 Å². The van der Waals surface area contributed by atoms with E-state index in [1.807, 2.05) is 65.0 Å². The Kier molecular flexibility index (Phi) is 30.4. The molecule has 0 bridgehead atoms. The molecule has 120 heavy (non-hydrogen) atoms. The van der Waals surface area contributed by atoms with E-state index in [9.17, 15) is 4.79 Å². The average molecular weight is 1720 g/mol. The smallest absolute Gasteiger partial charge is 0.412 e. The highest BCUT2D eigenvalue weighted by Crippen LogP contribution is 2.51. The molecule has 0 N–H and O–H groups in total. The third-order valence-corrected chi connectivity index (χ3v) is 43.4. The number of nitrogens with zero attached hydrogens (tertiary/aromatic N) is 1. The minimum Gasteiger partial charge on any atom is -0.444 e. The zero-order valence-electron chi connectivity index (χ0n) is 74.2. The number of fused-ring (bicyclic) bond motifs is 2. The summed E-state index contributed by atoms with van der Waals surface area (Å²) in [6, 6.07) is 53.7. The maximum absolute atomic E-state index is 17.0. The van der Waals surface area contributed by atoms with E-state index in [4.69, 9.17) is 60.6 Å². The van der Waals surface area contributed by atoms with Crippen molar-refractivity contribution < 1.29 is 78.7 Å². The van der Waals surface area contributed by atoms with Crippen LogP contribution in [0.5, 0.6) is 0 Å². The minimum absolute atomic E-state index is 0.00408. The third kappa shape index (κ3) is 20.2. The molecule has 7 heterocycles. The standard InChI is InChI=1S/C98H137NO17SSi3/c1-21-57-105-58-41-42-70-60-67(7)80(106-70)55-53-71-59-66(6)68(8)82(107-71)64-83-86(87(104-20)84(109-83)63-73-65-99(98(18,19)112-73)94(101)113-95(9,10)11)93(117(102,103)74-43-31-26-32-44-74)79(100)61-72-54-56-81-88(108-72)92(116-120(97(15,16)17,77-49-37-29-38-50-77)78-51-39-30-40-52-78)91-90(110-81)89(85(111-91)62-69(22-2)114-118(23-3,24-4)25-5)115-119(96(12,13)14,75-45-33-27-34-46-75)76-47-35-28-36-48-76/h21-22,26-52,66,69-73,80-93H,1-2,7-8,23-25,53-65H2,3-6,9-20H3/t66-,69?,70+,71+,72-,73+,80+,81+,82-,83+,84-,85-,86+,87+,88+,89+,90+,91-,92+,93-/m1/s1. The molecule has 7 aliphatic rings. The van der Waals surface area contributed by atoms with Gasteiger partial charge in [0.1, 0.15) is 47.1 Å². The summed E-state index contributed by atoms with van der Waals surface area (Å²) in [7, 11) is -12.4. The van der Waals surface area contributed by atoms with Crippen LogP contribution in [0.2, 0.25) is 28.2 Å². The average Bonchev–Trinajstić information content (AvgIpc) is 1.54. The van der Waals surface area contributed by atoms with Crippen molar-refractivity contribution in [3.05, 3.63) is 213 Å². The molecule has 7 aliphatic heterocycles. The molecule has 7 fully saturated rings. The number of hydrogen-bond acceptors (Lipinski definition) is 17. The van der Waals surface area contributed by atoms with E-state index in [-0.39, 0.29) is 54.9 Å². The maximum atomic E-state index is 17.0. The number of methoxy groups -OCH3 is 1. The largest absolute Gasteiger partial charge is 0.444 e. The van der Waals surface area contributed by atoms with Crippen molar-refractivity contribution in [3.63, 3.8) is 0 Å². The quantitative estimate of drug-likeness (QED) is 0.0211. The summed E-state index contributed by atoms with van der Waals surface area (Å²) in [6.07, 6.45) is -0.0640. The van der Waals surface area contributed by atoms with Gasteiger partial charge in [-0.05, 0) is 145 Å². The summed E-state index contributed by atoms with van der Waals surface area (Å²) in [4.78, 5) is 32.5. The first-order valence-electron chi connectivity index (χ1n) is 44.1. The topological polar surface area (TPSA) is 192 Å². The van der Waals surface area contributed by atoms with Crippen LogP contribution in [-0.4, -0.2) is 197 Å². The van der Waals surface area contributed by atoms with Crippen LogP contribution in [0.1, 0.15) is 168 Å². The second-order valence-electron chi connectivity index (χ2n) is 37.9. The third-order valence-electron chi connectivity index (χ3n) is 26.5. The molecule has 0 aliphatic carbocycles. The molecule has 654 valence electrons. The normalized spacial score (nSPS) is 29.3. The molecule has 18 nitrogen and oxygen atoms in total. The number of carbonyl (C=O) groups excluding carboxylic acids is 2. The van der Waals surface area contributed by atoms with Gasteiger partial charge < -0.3 is 60.6 Å². The number of carbonyl (C=O) groups is 2. The molecular formula is C98H137NO17SSi3. The number of benzene rings is 5. The molecule has 7 saturated heterocycles. The Morgan fingerprint density at radius 3 is 1.69 bits per heavy atom. The lowest BCUT2D eigenvalue weighted by atomic mass is 9.81. The van der Waals surface area contributed by atoms with Crippen molar-refractivity contribution >= 4 is 67.4 Å². The lowest BCUT2D eigenvalue weighted by Gasteiger charge is -2.53. The van der Waals surface area contributed by atoms with Crippen LogP contribution < -0.4 is 20.7 Å². The van der Waals surface area contributed by atoms with E-state index in [1.54, 1.807) is 48.4 Å². The van der Waals surface area contributed by atoms with E-state index >= 15 is 13.2 Å². The fourth-order valence-corrected chi connectivity index (χ4v) is 34.6. The number of sulfone groups is 1. The van der Waals surface area contributed by atoms with Gasteiger partial charge in [0.15, 0.2) is 23.9 Å². The van der Waals surface area contributed by atoms with Gasteiger partial charge in [0, 0.05) is 45.1 Å². The monoisotopic (exact) mass is 1720 g/mol. The highest BCUT2D eigenvalue weighted by molar-refractivity contribution is 7.92. The van der Waals surface area contributed by atoms with Crippen molar-refractivity contribution in [2.75, 3.05) is 26.9 Å². The van der Waals surface area contributed by atoms with Crippen molar-refractivity contribution in [1.29, 1.82) is 0 Å². The predicted molar refractivity (Wildman–Crippen MR) is 482 cm³/mol. The van der Waals surface area contributed by atoms with Crippen LogP contribution in [0.4, 0.5) is 4.79 Å². The van der Waals surface area contributed by atoms with Gasteiger partial charge in [0.2, 0.25) is 0 Å². The van der Waals surface area contributed by atoms with Crippen LogP contribution in [0.25, 0.3) is 0 Å². The van der Waals surface area contributed by atoms with E-state index in [1.165, 1.54) is 0 Å². The molecule has 5 aromatic rings. The summed E-state index contributed by atoms with van der Waals surface area (Å²) in [5, 5.41) is 1.60. The second kappa shape index (κ2) is 39.2. The van der Waals surface area contributed by atoms with Gasteiger partial charge in [-0.1, -0.05) is 246 Å². The van der Waals surface area contributed by atoms with Crippen molar-refractivity contribution in [2.24, 2.45) is 11.8 Å². The molecule has 1 unspecified atom stereocenters. The Morgan fingerprint density at radius 2 is 1.17 bits per heavy atom.